The van der Waals surface area contributed by atoms with Crippen LogP contribution in [0, 0.1) is 0 Å². The van der Waals surface area contributed by atoms with Crippen LogP contribution in [0.5, 0.6) is 0 Å². The van der Waals surface area contributed by atoms with E-state index >= 15 is 0 Å². The Morgan fingerprint density at radius 3 is 2.48 bits per heavy atom. The van der Waals surface area contributed by atoms with Crippen molar-refractivity contribution in [2.45, 2.75) is 43.2 Å². The van der Waals surface area contributed by atoms with Crippen LogP contribution in [0.4, 0.5) is 10.5 Å². The predicted molar refractivity (Wildman–Crippen MR) is 125 cm³/mol. The number of carbonyl (C=O) groups excluding carboxylic acids is 2. The van der Waals surface area contributed by atoms with E-state index in [0.29, 0.717) is 44.6 Å². The lowest BCUT2D eigenvalue weighted by Gasteiger charge is -2.37. The summed E-state index contributed by atoms with van der Waals surface area (Å²) in [5.74, 6) is -0.291. The van der Waals surface area contributed by atoms with E-state index in [2.05, 4.69) is 5.32 Å². The largest absolute Gasteiger partial charge is 0.447 e. The van der Waals surface area contributed by atoms with E-state index in [1.54, 1.807) is 4.90 Å². The fraction of sp³-hybridized carbons (Fsp3) is 0.391. The maximum absolute atomic E-state index is 13.1. The number of nitrogens with zero attached hydrogens (tertiary/aromatic N) is 2. The maximum atomic E-state index is 13.1. The molecular weight excluding hydrogens is 466 g/mol. The molecule has 1 N–H and O–H groups in total. The van der Waals surface area contributed by atoms with Crippen LogP contribution in [0.2, 0.25) is 5.02 Å². The molecule has 2 aliphatic heterocycles. The SMILES string of the molecule is CC(=O)Nc1ccc(S(=O)(=O)N2CCC(N3C(=O)OCC3Cc3ccccc3)CC2)cc1Cl. The number of rotatable bonds is 6. The molecular formula is C23H26ClN3O5S. The second-order valence-electron chi connectivity index (χ2n) is 8.29. The van der Waals surface area contributed by atoms with Crippen molar-refractivity contribution in [3.63, 3.8) is 0 Å². The number of halogens is 1. The van der Waals surface area contributed by atoms with Crippen LogP contribution in [0.3, 0.4) is 0 Å². The van der Waals surface area contributed by atoms with Crippen molar-refractivity contribution in [1.82, 2.24) is 9.21 Å². The summed E-state index contributed by atoms with van der Waals surface area (Å²) in [6.45, 7) is 2.27. The van der Waals surface area contributed by atoms with E-state index in [1.807, 2.05) is 30.3 Å². The molecule has 2 aromatic carbocycles. The Hall–Kier alpha value is -2.62. The summed E-state index contributed by atoms with van der Waals surface area (Å²) < 4.78 is 33.0. The lowest BCUT2D eigenvalue weighted by molar-refractivity contribution is -0.114. The van der Waals surface area contributed by atoms with Crippen molar-refractivity contribution >= 4 is 39.3 Å². The molecule has 0 bridgehead atoms. The van der Waals surface area contributed by atoms with Gasteiger partial charge in [-0.25, -0.2) is 13.2 Å². The zero-order chi connectivity index (χ0) is 23.6. The van der Waals surface area contributed by atoms with E-state index in [9.17, 15) is 18.0 Å². The minimum Gasteiger partial charge on any atom is -0.447 e. The molecule has 10 heteroatoms. The number of cyclic esters (lactones) is 1. The summed E-state index contributed by atoms with van der Waals surface area (Å²) in [6, 6.07) is 14.1. The van der Waals surface area contributed by atoms with Crippen LogP contribution in [-0.4, -0.2) is 61.4 Å². The zero-order valence-electron chi connectivity index (χ0n) is 18.2. The molecule has 0 radical (unpaired) electrons. The molecule has 0 saturated carbocycles. The van der Waals surface area contributed by atoms with Gasteiger partial charge in [0.1, 0.15) is 6.61 Å². The van der Waals surface area contributed by atoms with Crippen LogP contribution < -0.4 is 5.32 Å². The highest BCUT2D eigenvalue weighted by atomic mass is 35.5. The summed E-state index contributed by atoms with van der Waals surface area (Å²) in [7, 11) is -3.75. The van der Waals surface area contributed by atoms with Gasteiger partial charge in [-0.15, -0.1) is 0 Å². The summed E-state index contributed by atoms with van der Waals surface area (Å²) in [4.78, 5) is 25.6. The molecule has 33 heavy (non-hydrogen) atoms. The number of carbonyl (C=O) groups is 2. The Morgan fingerprint density at radius 1 is 1.15 bits per heavy atom. The molecule has 8 nitrogen and oxygen atoms in total. The Kier molecular flexibility index (Phi) is 6.92. The number of nitrogens with one attached hydrogen (secondary N) is 1. The normalized spacial score (nSPS) is 20.0. The van der Waals surface area contributed by atoms with Crippen LogP contribution in [0.25, 0.3) is 0 Å². The number of ether oxygens (including phenoxy) is 1. The molecule has 1 unspecified atom stereocenters. The van der Waals surface area contributed by atoms with Crippen molar-refractivity contribution < 1.29 is 22.7 Å². The molecule has 0 aromatic heterocycles. The van der Waals surface area contributed by atoms with Crippen molar-refractivity contribution in [3.8, 4) is 0 Å². The molecule has 2 aliphatic rings. The number of hydrogen-bond donors (Lipinski definition) is 1. The van der Waals surface area contributed by atoms with Gasteiger partial charge >= 0.3 is 6.09 Å². The van der Waals surface area contributed by atoms with E-state index in [1.165, 1.54) is 29.4 Å². The first-order chi connectivity index (χ1) is 15.8. The van der Waals surface area contributed by atoms with E-state index in [4.69, 9.17) is 16.3 Å². The minimum atomic E-state index is -3.75. The Morgan fingerprint density at radius 2 is 1.85 bits per heavy atom. The first kappa shape index (κ1) is 23.5. The number of anilines is 1. The Labute approximate surface area is 198 Å². The lowest BCUT2D eigenvalue weighted by Crippen LogP contribution is -2.50. The molecule has 2 fully saturated rings. The van der Waals surface area contributed by atoms with Gasteiger partial charge in [0, 0.05) is 26.1 Å². The molecule has 176 valence electrons. The highest BCUT2D eigenvalue weighted by molar-refractivity contribution is 7.89. The molecule has 4 rings (SSSR count). The molecule has 0 spiro atoms. The molecule has 1 atom stereocenters. The maximum Gasteiger partial charge on any atom is 0.410 e. The van der Waals surface area contributed by atoms with Gasteiger partial charge in [0.25, 0.3) is 0 Å². The third-order valence-corrected chi connectivity index (χ3v) is 8.23. The Balaban J connectivity index is 1.43. The van der Waals surface area contributed by atoms with Gasteiger partial charge in [-0.1, -0.05) is 41.9 Å². The van der Waals surface area contributed by atoms with Gasteiger partial charge < -0.3 is 10.1 Å². The second kappa shape index (κ2) is 9.70. The van der Waals surface area contributed by atoms with Crippen LogP contribution in [0.15, 0.2) is 53.4 Å². The Bertz CT molecular complexity index is 1130. The van der Waals surface area contributed by atoms with Crippen LogP contribution in [-0.2, 0) is 26.0 Å². The van der Waals surface area contributed by atoms with Crippen LogP contribution in [0.1, 0.15) is 25.3 Å². The second-order valence-corrected chi connectivity index (χ2v) is 10.6. The monoisotopic (exact) mass is 491 g/mol. The van der Waals surface area contributed by atoms with Gasteiger partial charge in [-0.3, -0.25) is 9.69 Å². The number of sulfonamides is 1. The third kappa shape index (κ3) is 5.15. The first-order valence-corrected chi connectivity index (χ1v) is 12.6. The predicted octanol–water partition coefficient (Wildman–Crippen LogP) is 3.52. The fourth-order valence-electron chi connectivity index (χ4n) is 4.42. The molecule has 2 aromatic rings. The number of amides is 2. The van der Waals surface area contributed by atoms with Crippen molar-refractivity contribution in [1.29, 1.82) is 0 Å². The van der Waals surface area contributed by atoms with Gasteiger partial charge in [0.15, 0.2) is 0 Å². The summed E-state index contributed by atoms with van der Waals surface area (Å²) >= 11 is 6.17. The first-order valence-electron chi connectivity index (χ1n) is 10.8. The van der Waals surface area contributed by atoms with Gasteiger partial charge in [0.05, 0.1) is 21.6 Å². The van der Waals surface area contributed by atoms with Gasteiger partial charge in [-0.05, 0) is 43.0 Å². The smallest absolute Gasteiger partial charge is 0.410 e. The van der Waals surface area contributed by atoms with Crippen molar-refractivity contribution in [2.24, 2.45) is 0 Å². The van der Waals surface area contributed by atoms with E-state index in [-0.39, 0.29) is 34.0 Å². The zero-order valence-corrected chi connectivity index (χ0v) is 19.8. The highest BCUT2D eigenvalue weighted by Gasteiger charge is 2.41. The third-order valence-electron chi connectivity index (χ3n) is 6.02. The molecule has 2 heterocycles. The minimum absolute atomic E-state index is 0.0619. The average molecular weight is 492 g/mol. The van der Waals surface area contributed by atoms with Crippen molar-refractivity contribution in [2.75, 3.05) is 25.0 Å². The van der Waals surface area contributed by atoms with E-state index in [0.717, 1.165) is 5.56 Å². The topological polar surface area (TPSA) is 96.0 Å². The lowest BCUT2D eigenvalue weighted by atomic mass is 10.00. The average Bonchev–Trinajstić information content (AvgIpc) is 3.15. The summed E-state index contributed by atoms with van der Waals surface area (Å²) in [5, 5.41) is 2.72. The van der Waals surface area contributed by atoms with E-state index < -0.39 is 10.0 Å². The summed E-state index contributed by atoms with van der Waals surface area (Å²) in [5.41, 5.74) is 1.49. The standard InChI is InChI=1S/C23H26ClN3O5S/c1-16(28)25-22-8-7-20(14-21(22)24)33(30,31)26-11-9-18(10-12-26)27-19(15-32-23(27)29)13-17-5-3-2-4-6-17/h2-8,14,18-19H,9-13,15H2,1H3,(H,25,28). The van der Waals surface area contributed by atoms with Crippen molar-refractivity contribution in [3.05, 3.63) is 59.1 Å². The van der Waals surface area contributed by atoms with Crippen LogP contribution >= 0.6 is 11.6 Å². The fourth-order valence-corrected chi connectivity index (χ4v) is 6.21. The molecule has 2 saturated heterocycles. The van der Waals surface area contributed by atoms with Gasteiger partial charge in [0.2, 0.25) is 15.9 Å². The number of piperidine rings is 1. The number of hydrogen-bond acceptors (Lipinski definition) is 5. The summed E-state index contributed by atoms with van der Waals surface area (Å²) in [6.07, 6.45) is 1.41. The molecule has 2 amide bonds. The highest BCUT2D eigenvalue weighted by Crippen LogP contribution is 2.31. The quantitative estimate of drug-likeness (QED) is 0.667. The molecule has 0 aliphatic carbocycles. The van der Waals surface area contributed by atoms with Gasteiger partial charge in [-0.2, -0.15) is 4.31 Å². The number of benzene rings is 2.